The number of ether oxygens (including phenoxy) is 2. The van der Waals surface area contributed by atoms with Gasteiger partial charge >= 0.3 is 5.97 Å². The minimum Gasteiger partial charge on any atom is -0.502 e. The normalized spacial score (nSPS) is 18.6. The van der Waals surface area contributed by atoms with Crippen molar-refractivity contribution >= 4 is 17.5 Å². The van der Waals surface area contributed by atoms with Gasteiger partial charge in [0.15, 0.2) is 11.5 Å². The number of fused-ring (bicyclic) bond motifs is 5. The molecule has 3 unspecified atom stereocenters. The highest BCUT2D eigenvalue weighted by atomic mass is 16.5. The largest absolute Gasteiger partial charge is 0.502 e. The smallest absolute Gasteiger partial charge is 0.335 e. The van der Waals surface area contributed by atoms with E-state index in [1.807, 2.05) is 30.3 Å². The molecule has 0 bridgehead atoms. The summed E-state index contributed by atoms with van der Waals surface area (Å²) in [4.78, 5) is 11.5. The van der Waals surface area contributed by atoms with Crippen LogP contribution in [0.5, 0.6) is 17.2 Å². The van der Waals surface area contributed by atoms with E-state index in [9.17, 15) is 15.0 Å². The lowest BCUT2D eigenvalue weighted by Crippen LogP contribution is -2.31. The molecule has 4 aromatic rings. The number of aromatic carboxylic acids is 1. The van der Waals surface area contributed by atoms with Crippen molar-refractivity contribution in [1.29, 1.82) is 5.41 Å². The van der Waals surface area contributed by atoms with Crippen LogP contribution in [0.25, 0.3) is 11.1 Å². The number of benzene rings is 4. The summed E-state index contributed by atoms with van der Waals surface area (Å²) in [5.41, 5.74) is 13.5. The first-order valence-electron chi connectivity index (χ1n) is 13.0. The Labute approximate surface area is 231 Å². The maximum absolute atomic E-state index is 11.5. The van der Waals surface area contributed by atoms with Gasteiger partial charge in [-0.05, 0) is 76.6 Å². The topological polar surface area (TPSA) is 138 Å². The van der Waals surface area contributed by atoms with Gasteiger partial charge in [0.2, 0.25) is 5.75 Å². The van der Waals surface area contributed by atoms with Crippen molar-refractivity contribution in [3.63, 3.8) is 0 Å². The molecule has 0 fully saturated rings. The molecule has 0 aromatic heterocycles. The number of nitrogen functional groups attached to an aromatic ring is 1. The zero-order chi connectivity index (χ0) is 28.1. The highest BCUT2D eigenvalue weighted by Gasteiger charge is 2.44. The average Bonchev–Trinajstić information content (AvgIpc) is 3.36. The van der Waals surface area contributed by atoms with E-state index in [1.54, 1.807) is 24.3 Å². The van der Waals surface area contributed by atoms with E-state index >= 15 is 0 Å². The Morgan fingerprint density at radius 2 is 1.68 bits per heavy atom. The number of anilines is 1. The molecule has 40 heavy (non-hydrogen) atoms. The molecule has 2 aliphatic rings. The number of hydrogen-bond acceptors (Lipinski definition) is 6. The lowest BCUT2D eigenvalue weighted by Gasteiger charge is -2.39. The van der Waals surface area contributed by atoms with E-state index in [2.05, 4.69) is 23.5 Å². The first kappa shape index (κ1) is 25.3. The van der Waals surface area contributed by atoms with Gasteiger partial charge in [-0.3, -0.25) is 5.41 Å². The molecule has 8 heteroatoms. The number of nitrogens with one attached hydrogen (secondary N) is 2. The lowest BCUT2D eigenvalue weighted by molar-refractivity contribution is 0.0697. The Hall–Kier alpha value is -4.98. The zero-order valence-electron chi connectivity index (χ0n) is 22.1. The van der Waals surface area contributed by atoms with Gasteiger partial charge in [-0.1, -0.05) is 36.4 Å². The molecule has 6 N–H and O–H groups in total. The minimum atomic E-state index is -1.02. The third-order valence-electron chi connectivity index (χ3n) is 8.14. The Morgan fingerprint density at radius 1 is 0.950 bits per heavy atom. The Bertz CT molecular complexity index is 1660. The third kappa shape index (κ3) is 3.91. The number of rotatable bonds is 6. The quantitative estimate of drug-likeness (QED) is 0.162. The van der Waals surface area contributed by atoms with E-state index in [1.165, 1.54) is 25.3 Å². The fourth-order valence-corrected chi connectivity index (χ4v) is 6.36. The maximum atomic E-state index is 11.5. The number of aromatic hydroxyl groups is 1. The average molecular weight is 536 g/mol. The summed E-state index contributed by atoms with van der Waals surface area (Å²) in [5.74, 6) is -0.452. The van der Waals surface area contributed by atoms with Crippen LogP contribution >= 0.6 is 0 Å². The van der Waals surface area contributed by atoms with Crippen LogP contribution in [0.1, 0.15) is 50.1 Å². The van der Waals surface area contributed by atoms with E-state index in [4.69, 9.17) is 20.6 Å². The molecule has 0 radical (unpaired) electrons. The van der Waals surface area contributed by atoms with Gasteiger partial charge in [0.1, 0.15) is 5.84 Å². The molecular weight excluding hydrogens is 506 g/mol. The first-order chi connectivity index (χ1) is 19.3. The molecule has 0 saturated heterocycles. The van der Waals surface area contributed by atoms with Crippen LogP contribution in [0.3, 0.4) is 0 Å². The SMILES string of the molecule is COc1cc(C2Nc3ccc(C(=N)N)cc3C3c4ccccc4CC23)c(-c2ccc(C(=O)O)cc2)c(OC)c1O. The number of carboxylic acid groups (broad SMARTS) is 1. The zero-order valence-corrected chi connectivity index (χ0v) is 22.1. The summed E-state index contributed by atoms with van der Waals surface area (Å²) in [7, 11) is 3.00. The van der Waals surface area contributed by atoms with Crippen molar-refractivity contribution in [3.8, 4) is 28.4 Å². The monoisotopic (exact) mass is 535 g/mol. The summed E-state index contributed by atoms with van der Waals surface area (Å²) in [6.45, 7) is 0. The number of nitrogens with two attached hydrogens (primary N) is 1. The van der Waals surface area contributed by atoms with Gasteiger partial charge in [0, 0.05) is 22.7 Å². The predicted molar refractivity (Wildman–Crippen MR) is 153 cm³/mol. The van der Waals surface area contributed by atoms with Crippen LogP contribution in [-0.4, -0.2) is 36.2 Å². The summed E-state index contributed by atoms with van der Waals surface area (Å²) in [6.07, 6.45) is 0.811. The highest BCUT2D eigenvalue weighted by molar-refractivity contribution is 5.96. The number of amidine groups is 1. The molecule has 0 saturated carbocycles. The van der Waals surface area contributed by atoms with Crippen LogP contribution in [0.4, 0.5) is 5.69 Å². The molecule has 4 aromatic carbocycles. The van der Waals surface area contributed by atoms with Gasteiger partial charge in [0.25, 0.3) is 0 Å². The molecule has 8 nitrogen and oxygen atoms in total. The summed E-state index contributed by atoms with van der Waals surface area (Å²) in [5, 5.41) is 32.3. The van der Waals surface area contributed by atoms with Crippen molar-refractivity contribution in [3.05, 3.63) is 106 Å². The van der Waals surface area contributed by atoms with Crippen LogP contribution in [0, 0.1) is 11.3 Å². The maximum Gasteiger partial charge on any atom is 0.335 e. The standard InChI is InChI=1S/C32H29N3O5/c1-39-25-15-23(26(30(40-2)29(25)36)16-7-9-17(10-8-16)32(37)38)28-22-13-18-5-3-4-6-20(18)27(22)21-14-19(31(33)34)11-12-24(21)35-28/h3-12,14-15,22,27-28,35-36H,13H2,1-2H3,(H3,33,34)(H,37,38). The molecule has 1 aliphatic heterocycles. The molecule has 1 aliphatic carbocycles. The fraction of sp³-hybridized carbons (Fsp3) is 0.188. The predicted octanol–water partition coefficient (Wildman–Crippen LogP) is 5.53. The van der Waals surface area contributed by atoms with Gasteiger partial charge in [-0.2, -0.15) is 0 Å². The molecule has 1 heterocycles. The molecule has 202 valence electrons. The van der Waals surface area contributed by atoms with Crippen molar-refractivity contribution in [2.24, 2.45) is 11.7 Å². The van der Waals surface area contributed by atoms with Crippen molar-refractivity contribution in [1.82, 2.24) is 0 Å². The first-order valence-corrected chi connectivity index (χ1v) is 13.0. The van der Waals surface area contributed by atoms with Crippen LogP contribution in [0.2, 0.25) is 0 Å². The number of hydrogen-bond donors (Lipinski definition) is 5. The van der Waals surface area contributed by atoms with Crippen molar-refractivity contribution < 1.29 is 24.5 Å². The number of phenolic OH excluding ortho intramolecular Hbond substituents is 1. The lowest BCUT2D eigenvalue weighted by atomic mass is 9.74. The molecule has 3 atom stereocenters. The van der Waals surface area contributed by atoms with Crippen molar-refractivity contribution in [2.45, 2.75) is 18.4 Å². The molecular formula is C32H29N3O5. The number of methoxy groups -OCH3 is 2. The summed E-state index contributed by atoms with van der Waals surface area (Å²) < 4.78 is 11.3. The van der Waals surface area contributed by atoms with Crippen LogP contribution in [0.15, 0.2) is 72.8 Å². The Balaban J connectivity index is 1.59. The fourth-order valence-electron chi connectivity index (χ4n) is 6.36. The van der Waals surface area contributed by atoms with E-state index in [-0.39, 0.29) is 46.5 Å². The Morgan fingerprint density at radius 3 is 2.35 bits per heavy atom. The van der Waals surface area contributed by atoms with Gasteiger partial charge in [-0.25, -0.2) is 4.79 Å². The molecule has 6 rings (SSSR count). The molecule has 0 spiro atoms. The number of carbonyl (C=O) groups is 1. The van der Waals surface area contributed by atoms with Crippen LogP contribution in [-0.2, 0) is 6.42 Å². The molecule has 0 amide bonds. The minimum absolute atomic E-state index is 0.0212. The second-order valence-electron chi connectivity index (χ2n) is 10.2. The van der Waals surface area contributed by atoms with Gasteiger partial charge in [-0.15, -0.1) is 0 Å². The Kier molecular flexibility index (Phi) is 6.10. The van der Waals surface area contributed by atoms with E-state index < -0.39 is 5.97 Å². The van der Waals surface area contributed by atoms with E-state index in [0.29, 0.717) is 16.7 Å². The second kappa shape index (κ2) is 9.64. The summed E-state index contributed by atoms with van der Waals surface area (Å²) >= 11 is 0. The second-order valence-corrected chi connectivity index (χ2v) is 10.2. The highest BCUT2D eigenvalue weighted by Crippen LogP contribution is 2.57. The number of carboxylic acids is 1. The summed E-state index contributed by atoms with van der Waals surface area (Å²) in [6, 6.07) is 22.4. The van der Waals surface area contributed by atoms with Crippen molar-refractivity contribution in [2.75, 3.05) is 19.5 Å². The van der Waals surface area contributed by atoms with E-state index in [0.717, 1.165) is 23.2 Å². The van der Waals surface area contributed by atoms with Crippen LogP contribution < -0.4 is 20.5 Å². The number of phenols is 1. The van der Waals surface area contributed by atoms with Gasteiger partial charge < -0.3 is 30.7 Å². The van der Waals surface area contributed by atoms with Gasteiger partial charge in [0.05, 0.1) is 25.8 Å². The third-order valence-corrected chi connectivity index (χ3v) is 8.14.